The summed E-state index contributed by atoms with van der Waals surface area (Å²) >= 11 is 0. The Morgan fingerprint density at radius 1 is 0.971 bits per heavy atom. The van der Waals surface area contributed by atoms with E-state index in [1.807, 2.05) is 47.9 Å². The number of nitrogens with zero attached hydrogens (tertiary/aromatic N) is 3. The number of urea groups is 1. The molecule has 1 atom stereocenters. The Morgan fingerprint density at radius 3 is 2.23 bits per heavy atom. The number of benzene rings is 2. The second kappa shape index (κ2) is 8.98. The van der Waals surface area contributed by atoms with Gasteiger partial charge in [-0.1, -0.05) is 18.2 Å². The molecule has 0 saturated carbocycles. The van der Waals surface area contributed by atoms with Gasteiger partial charge in [0.25, 0.3) is 5.91 Å². The lowest BCUT2D eigenvalue weighted by Crippen LogP contribution is -2.68. The maximum absolute atomic E-state index is 13.8. The molecule has 2 fully saturated rings. The largest absolute Gasteiger partial charge is 0.342 e. The molecular weight excluding hydrogens is 447 g/mol. The standard InChI is InChI=1S/C27H31FN4O3/c1-18(2)32-24(33)22-7-4-3-6-21(22)23(25(34)30-14-5-15-30)27(32)12-16-31(17-13-27)26(35)29-20-10-8-19(28)9-11-20/h3-4,6-11,18,23H,5,12-17H2,1-2H3,(H,29,35). The molecule has 0 aromatic heterocycles. The Kier molecular flexibility index (Phi) is 5.99. The highest BCUT2D eigenvalue weighted by Crippen LogP contribution is 2.49. The van der Waals surface area contributed by atoms with Crippen LogP contribution >= 0.6 is 0 Å². The summed E-state index contributed by atoms with van der Waals surface area (Å²) in [7, 11) is 0. The molecule has 184 valence electrons. The first kappa shape index (κ1) is 23.3. The summed E-state index contributed by atoms with van der Waals surface area (Å²) in [6.45, 7) is 6.30. The van der Waals surface area contributed by atoms with Crippen molar-refractivity contribution in [1.82, 2.24) is 14.7 Å². The van der Waals surface area contributed by atoms with Crippen molar-refractivity contribution in [2.75, 3.05) is 31.5 Å². The molecule has 2 saturated heterocycles. The van der Waals surface area contributed by atoms with Gasteiger partial charge in [0, 0.05) is 43.5 Å². The predicted molar refractivity (Wildman–Crippen MR) is 131 cm³/mol. The average Bonchev–Trinajstić information content (AvgIpc) is 2.80. The van der Waals surface area contributed by atoms with Gasteiger partial charge in [-0.2, -0.15) is 0 Å². The van der Waals surface area contributed by atoms with Crippen LogP contribution in [0.3, 0.4) is 0 Å². The van der Waals surface area contributed by atoms with Crippen molar-refractivity contribution < 1.29 is 18.8 Å². The van der Waals surface area contributed by atoms with Gasteiger partial charge in [-0.15, -0.1) is 0 Å². The van der Waals surface area contributed by atoms with Gasteiger partial charge >= 0.3 is 6.03 Å². The molecule has 1 spiro atoms. The smallest absolute Gasteiger partial charge is 0.321 e. The van der Waals surface area contributed by atoms with Gasteiger partial charge in [-0.05, 0) is 69.0 Å². The minimum Gasteiger partial charge on any atom is -0.342 e. The molecule has 1 unspecified atom stereocenters. The first-order valence-electron chi connectivity index (χ1n) is 12.3. The van der Waals surface area contributed by atoms with Crippen molar-refractivity contribution in [3.63, 3.8) is 0 Å². The zero-order chi connectivity index (χ0) is 24.7. The molecule has 8 heteroatoms. The Labute approximate surface area is 204 Å². The summed E-state index contributed by atoms with van der Waals surface area (Å²) in [5.74, 6) is -0.795. The number of fused-ring (bicyclic) bond motifs is 1. The van der Waals surface area contributed by atoms with Gasteiger partial charge in [0.05, 0.1) is 11.5 Å². The fraction of sp³-hybridized carbons (Fsp3) is 0.444. The van der Waals surface area contributed by atoms with Crippen LogP contribution in [0, 0.1) is 5.82 Å². The number of hydrogen-bond acceptors (Lipinski definition) is 3. The number of anilines is 1. The molecule has 35 heavy (non-hydrogen) atoms. The highest BCUT2D eigenvalue weighted by atomic mass is 19.1. The normalized spacial score (nSPS) is 21.1. The van der Waals surface area contributed by atoms with Crippen molar-refractivity contribution in [2.24, 2.45) is 0 Å². The molecule has 3 aliphatic heterocycles. The number of likely N-dealkylation sites (tertiary alicyclic amines) is 2. The van der Waals surface area contributed by atoms with Crippen molar-refractivity contribution >= 4 is 23.5 Å². The summed E-state index contributed by atoms with van der Waals surface area (Å²) in [6, 6.07) is 12.8. The Morgan fingerprint density at radius 2 is 1.63 bits per heavy atom. The summed E-state index contributed by atoms with van der Waals surface area (Å²) < 4.78 is 13.2. The Balaban J connectivity index is 1.46. The van der Waals surface area contributed by atoms with Crippen LogP contribution in [-0.4, -0.2) is 70.3 Å². The first-order chi connectivity index (χ1) is 16.8. The van der Waals surface area contributed by atoms with Gasteiger partial charge in [0.2, 0.25) is 5.91 Å². The van der Waals surface area contributed by atoms with Gasteiger partial charge in [-0.3, -0.25) is 9.59 Å². The van der Waals surface area contributed by atoms with E-state index in [-0.39, 0.29) is 29.7 Å². The second-order valence-corrected chi connectivity index (χ2v) is 10.00. The minimum absolute atomic E-state index is 0.0486. The number of piperidine rings is 1. The van der Waals surface area contributed by atoms with E-state index in [1.165, 1.54) is 24.3 Å². The molecule has 7 nitrogen and oxygen atoms in total. The van der Waals surface area contributed by atoms with E-state index in [4.69, 9.17) is 0 Å². The van der Waals surface area contributed by atoms with E-state index in [1.54, 1.807) is 4.90 Å². The lowest BCUT2D eigenvalue weighted by molar-refractivity contribution is -0.142. The number of carbonyl (C=O) groups is 3. The van der Waals surface area contributed by atoms with Crippen LogP contribution in [0.2, 0.25) is 0 Å². The monoisotopic (exact) mass is 478 g/mol. The van der Waals surface area contributed by atoms with E-state index in [0.29, 0.717) is 37.2 Å². The number of hydrogen-bond donors (Lipinski definition) is 1. The summed E-state index contributed by atoms with van der Waals surface area (Å²) in [4.78, 5) is 46.0. The van der Waals surface area contributed by atoms with E-state index in [2.05, 4.69) is 5.32 Å². The molecule has 3 heterocycles. The van der Waals surface area contributed by atoms with Crippen molar-refractivity contribution in [3.8, 4) is 0 Å². The zero-order valence-corrected chi connectivity index (χ0v) is 20.2. The maximum atomic E-state index is 13.8. The third-order valence-corrected chi connectivity index (χ3v) is 7.68. The lowest BCUT2D eigenvalue weighted by atomic mass is 9.66. The Bertz CT molecular complexity index is 1140. The van der Waals surface area contributed by atoms with Crippen LogP contribution in [0.25, 0.3) is 0 Å². The van der Waals surface area contributed by atoms with Crippen LogP contribution < -0.4 is 5.32 Å². The summed E-state index contributed by atoms with van der Waals surface area (Å²) in [6.07, 6.45) is 2.01. The topological polar surface area (TPSA) is 73.0 Å². The third-order valence-electron chi connectivity index (χ3n) is 7.68. The fourth-order valence-corrected chi connectivity index (χ4v) is 5.90. The number of carbonyl (C=O) groups excluding carboxylic acids is 3. The van der Waals surface area contributed by atoms with Gasteiger partial charge in [0.15, 0.2) is 0 Å². The van der Waals surface area contributed by atoms with Crippen LogP contribution in [0.5, 0.6) is 0 Å². The maximum Gasteiger partial charge on any atom is 0.321 e. The molecule has 1 N–H and O–H groups in total. The molecule has 0 aliphatic carbocycles. The van der Waals surface area contributed by atoms with Crippen molar-refractivity contribution in [1.29, 1.82) is 0 Å². The van der Waals surface area contributed by atoms with E-state index >= 15 is 0 Å². The number of halogens is 1. The zero-order valence-electron chi connectivity index (χ0n) is 20.2. The molecule has 2 aromatic rings. The molecule has 0 radical (unpaired) electrons. The van der Waals surface area contributed by atoms with E-state index in [9.17, 15) is 18.8 Å². The second-order valence-electron chi connectivity index (χ2n) is 10.00. The number of rotatable bonds is 3. The van der Waals surface area contributed by atoms with Crippen LogP contribution in [0.4, 0.5) is 14.9 Å². The molecule has 2 aromatic carbocycles. The third kappa shape index (κ3) is 3.94. The first-order valence-corrected chi connectivity index (χ1v) is 12.3. The van der Waals surface area contributed by atoms with Crippen molar-refractivity contribution in [2.45, 2.75) is 50.6 Å². The fourth-order valence-electron chi connectivity index (χ4n) is 5.90. The van der Waals surface area contributed by atoms with E-state index < -0.39 is 11.5 Å². The summed E-state index contributed by atoms with van der Waals surface area (Å²) in [5, 5.41) is 2.82. The van der Waals surface area contributed by atoms with Crippen LogP contribution in [0.15, 0.2) is 48.5 Å². The molecule has 3 aliphatic rings. The van der Waals surface area contributed by atoms with Gasteiger partial charge < -0.3 is 20.0 Å². The predicted octanol–water partition coefficient (Wildman–Crippen LogP) is 4.07. The number of amides is 4. The average molecular weight is 479 g/mol. The minimum atomic E-state index is -0.696. The lowest BCUT2D eigenvalue weighted by Gasteiger charge is -2.57. The SMILES string of the molecule is CC(C)N1C(=O)c2ccccc2C(C(=O)N2CCC2)C12CCN(C(=O)Nc1ccc(F)cc1)CC2. The molecular formula is C27H31FN4O3. The van der Waals surface area contributed by atoms with Crippen LogP contribution in [-0.2, 0) is 4.79 Å². The number of nitrogens with one attached hydrogen (secondary N) is 1. The van der Waals surface area contributed by atoms with Gasteiger partial charge in [0.1, 0.15) is 5.82 Å². The molecule has 0 bridgehead atoms. The van der Waals surface area contributed by atoms with Crippen molar-refractivity contribution in [3.05, 3.63) is 65.5 Å². The summed E-state index contributed by atoms with van der Waals surface area (Å²) in [5.41, 5.74) is 1.23. The van der Waals surface area contributed by atoms with Gasteiger partial charge in [-0.25, -0.2) is 9.18 Å². The molecule has 5 rings (SSSR count). The highest BCUT2D eigenvalue weighted by molar-refractivity contribution is 6.02. The quantitative estimate of drug-likeness (QED) is 0.723. The molecule has 4 amide bonds. The van der Waals surface area contributed by atoms with Crippen LogP contribution in [0.1, 0.15) is 54.9 Å². The highest BCUT2D eigenvalue weighted by Gasteiger charge is 2.57. The van der Waals surface area contributed by atoms with E-state index in [0.717, 1.165) is 25.1 Å². The Hall–Kier alpha value is -3.42.